The van der Waals surface area contributed by atoms with E-state index in [9.17, 15) is 9.59 Å². The summed E-state index contributed by atoms with van der Waals surface area (Å²) in [6.45, 7) is 8.27. The van der Waals surface area contributed by atoms with Crippen LogP contribution in [0.15, 0.2) is 124 Å². The van der Waals surface area contributed by atoms with Crippen LogP contribution >= 0.6 is 0 Å². The molecule has 0 spiro atoms. The van der Waals surface area contributed by atoms with Gasteiger partial charge in [-0.2, -0.15) is 0 Å². The van der Waals surface area contributed by atoms with Crippen molar-refractivity contribution in [1.29, 1.82) is 0 Å². The van der Waals surface area contributed by atoms with Crippen molar-refractivity contribution in [2.75, 3.05) is 18.5 Å². The molecule has 2 heterocycles. The highest BCUT2D eigenvalue weighted by Gasteiger charge is 2.26. The van der Waals surface area contributed by atoms with Crippen molar-refractivity contribution in [2.45, 2.75) is 52.1 Å². The van der Waals surface area contributed by atoms with E-state index in [0.717, 1.165) is 31.6 Å². The third-order valence-electron chi connectivity index (χ3n) is 10.7. The highest BCUT2D eigenvalue weighted by atomic mass is 16.3. The molecule has 1 N–H and O–H groups in total. The average molecular weight is 687 g/mol. The summed E-state index contributed by atoms with van der Waals surface area (Å²) in [5, 5.41) is 6.34. The maximum atomic E-state index is 13.4. The molecule has 52 heavy (non-hydrogen) atoms. The second-order valence-electron chi connectivity index (χ2n) is 13.7. The number of aromatic nitrogens is 2. The number of hydrogen-bond donors (Lipinski definition) is 1. The molecule has 6 aromatic rings. The van der Waals surface area contributed by atoms with Gasteiger partial charge in [-0.25, -0.2) is 4.98 Å². The Balaban J connectivity index is 1.05. The Kier molecular flexibility index (Phi) is 8.71. The molecule has 260 valence electrons. The minimum atomic E-state index is -0.494. The summed E-state index contributed by atoms with van der Waals surface area (Å²) >= 11 is 0. The average Bonchev–Trinajstić information content (AvgIpc) is 3.52. The van der Waals surface area contributed by atoms with Gasteiger partial charge in [-0.05, 0) is 61.1 Å². The van der Waals surface area contributed by atoms with E-state index in [1.54, 1.807) is 12.1 Å². The largest absolute Gasteiger partial charge is 0.452 e. The van der Waals surface area contributed by atoms with Gasteiger partial charge in [-0.1, -0.05) is 98.8 Å². The van der Waals surface area contributed by atoms with Crippen molar-refractivity contribution in [3.8, 4) is 11.5 Å². The molecule has 2 unspecified atom stereocenters. The highest BCUT2D eigenvalue weighted by molar-refractivity contribution is 6.09. The van der Waals surface area contributed by atoms with E-state index in [4.69, 9.17) is 9.40 Å². The van der Waals surface area contributed by atoms with Gasteiger partial charge in [0, 0.05) is 70.5 Å². The quantitative estimate of drug-likeness (QED) is 0.114. The standard InChI is InChI=1S/C45H42N4O3/c1-5-31(49-38-17-11-9-13-33(38)34-14-10-12-18-39(34)49)25-28(3)30-21-19-29(20-22-30)27-48(6-2)32-23-24-37-40(26-32)52-44-41(45(51)46-4)43(50)36-16-8-7-15-35(36)42(44)47-37/h7-24,26,28,31H,5-6,25,27H2,1-4H3,(H,46,51). The summed E-state index contributed by atoms with van der Waals surface area (Å²) in [6, 6.07) is 40.1. The number of amides is 1. The van der Waals surface area contributed by atoms with Crippen LogP contribution in [0.25, 0.3) is 55.1 Å². The molecule has 7 heteroatoms. The molecule has 0 saturated heterocycles. The molecule has 0 radical (unpaired) electrons. The van der Waals surface area contributed by atoms with Crippen molar-refractivity contribution >= 4 is 55.3 Å². The molecule has 7 nitrogen and oxygen atoms in total. The molecule has 0 saturated carbocycles. The topological polar surface area (TPSA) is 80.4 Å². The Morgan fingerprint density at radius 3 is 2.10 bits per heavy atom. The molecule has 2 aliphatic rings. The zero-order chi connectivity index (χ0) is 35.9. The van der Waals surface area contributed by atoms with E-state index in [-0.39, 0.29) is 16.8 Å². The highest BCUT2D eigenvalue weighted by Crippen LogP contribution is 2.38. The summed E-state index contributed by atoms with van der Waals surface area (Å²) < 4.78 is 8.94. The number of hydrogen-bond acceptors (Lipinski definition) is 5. The van der Waals surface area contributed by atoms with Gasteiger partial charge in [0.2, 0.25) is 5.43 Å². The molecule has 0 fully saturated rings. The second-order valence-corrected chi connectivity index (χ2v) is 13.7. The lowest BCUT2D eigenvalue weighted by Gasteiger charge is -2.25. The van der Waals surface area contributed by atoms with Crippen molar-refractivity contribution in [3.63, 3.8) is 0 Å². The van der Waals surface area contributed by atoms with Crippen molar-refractivity contribution in [3.05, 3.63) is 142 Å². The summed E-state index contributed by atoms with van der Waals surface area (Å²) in [4.78, 5) is 33.5. The van der Waals surface area contributed by atoms with Crippen molar-refractivity contribution < 1.29 is 9.21 Å². The first-order chi connectivity index (χ1) is 25.4. The summed E-state index contributed by atoms with van der Waals surface area (Å²) in [7, 11) is 1.51. The fraction of sp³-hybridized carbons (Fsp3) is 0.222. The SMILES string of the molecule is CCC(CC(C)c1ccc(CN(CC)c2ccc3nc4c5ccccc5c(=O)c(C(=O)NC)c-4oc3c2)cc1)n1c2ccccc2c2ccccc21. The molecule has 8 rings (SSSR count). The van der Waals surface area contributed by atoms with Gasteiger partial charge in [-0.15, -0.1) is 0 Å². The molecule has 1 aromatic heterocycles. The van der Waals surface area contributed by atoms with Gasteiger partial charge in [-0.3, -0.25) is 9.59 Å². The third-order valence-corrected chi connectivity index (χ3v) is 10.7. The minimum absolute atomic E-state index is 0.0296. The maximum absolute atomic E-state index is 13.4. The van der Waals surface area contributed by atoms with E-state index in [1.807, 2.05) is 24.3 Å². The number of rotatable bonds is 10. The van der Waals surface area contributed by atoms with Gasteiger partial charge < -0.3 is 19.2 Å². The number of benzene rings is 6. The molecular weight excluding hydrogens is 645 g/mol. The van der Waals surface area contributed by atoms with Crippen molar-refractivity contribution in [2.24, 2.45) is 0 Å². The van der Waals surface area contributed by atoms with Gasteiger partial charge in [0.05, 0.1) is 0 Å². The van der Waals surface area contributed by atoms with Crippen LogP contribution < -0.4 is 15.6 Å². The third kappa shape index (κ3) is 5.66. The van der Waals surface area contributed by atoms with Crippen LogP contribution in [-0.2, 0) is 6.54 Å². The predicted octanol–water partition coefficient (Wildman–Crippen LogP) is 10.1. The Morgan fingerprint density at radius 2 is 1.46 bits per heavy atom. The van der Waals surface area contributed by atoms with E-state index in [2.05, 4.69) is 114 Å². The molecule has 5 aromatic carbocycles. The van der Waals surface area contributed by atoms with Crippen LogP contribution in [-0.4, -0.2) is 29.1 Å². The number of carbonyl (C=O) groups is 1. The number of fused-ring (bicyclic) bond motifs is 7. The fourth-order valence-electron chi connectivity index (χ4n) is 7.91. The lowest BCUT2D eigenvalue weighted by atomic mass is 9.92. The Morgan fingerprint density at radius 1 is 0.827 bits per heavy atom. The van der Waals surface area contributed by atoms with Crippen LogP contribution in [0.3, 0.4) is 0 Å². The van der Waals surface area contributed by atoms with E-state index >= 15 is 0 Å². The van der Waals surface area contributed by atoms with Crippen molar-refractivity contribution in [1.82, 2.24) is 14.9 Å². The summed E-state index contributed by atoms with van der Waals surface area (Å²) in [5.74, 6) is 0.0904. The maximum Gasteiger partial charge on any atom is 0.258 e. The molecule has 1 aliphatic carbocycles. The molecule has 0 bridgehead atoms. The minimum Gasteiger partial charge on any atom is -0.452 e. The van der Waals surface area contributed by atoms with Crippen LogP contribution in [0.2, 0.25) is 0 Å². The number of carbonyl (C=O) groups excluding carboxylic acids is 1. The van der Waals surface area contributed by atoms with Gasteiger partial charge >= 0.3 is 0 Å². The fourth-order valence-corrected chi connectivity index (χ4v) is 7.91. The van der Waals surface area contributed by atoms with Crippen LogP contribution in [0, 0.1) is 0 Å². The first-order valence-electron chi connectivity index (χ1n) is 18.2. The number of anilines is 1. The second kappa shape index (κ2) is 13.6. The smallest absolute Gasteiger partial charge is 0.258 e. The Hall–Kier alpha value is -5.95. The van der Waals surface area contributed by atoms with Gasteiger partial charge in [0.1, 0.15) is 16.8 Å². The number of nitrogens with zero attached hydrogens (tertiary/aromatic N) is 3. The first-order valence-corrected chi connectivity index (χ1v) is 18.2. The molecular formula is C45H42N4O3. The Labute approximate surface area is 302 Å². The molecule has 1 amide bonds. The van der Waals surface area contributed by atoms with Gasteiger partial charge in [0.15, 0.2) is 11.3 Å². The first kappa shape index (κ1) is 33.2. The van der Waals surface area contributed by atoms with E-state index in [1.165, 1.54) is 40.0 Å². The van der Waals surface area contributed by atoms with Crippen LogP contribution in [0.1, 0.15) is 67.1 Å². The van der Waals surface area contributed by atoms with E-state index < -0.39 is 5.91 Å². The lowest BCUT2D eigenvalue weighted by molar-refractivity contribution is 0.0961. The zero-order valence-electron chi connectivity index (χ0n) is 30.0. The normalized spacial score (nSPS) is 12.9. The van der Waals surface area contributed by atoms with Gasteiger partial charge in [0.25, 0.3) is 5.91 Å². The molecule has 1 aliphatic heterocycles. The number of para-hydroxylation sites is 2. The lowest BCUT2D eigenvalue weighted by Crippen LogP contribution is -2.27. The van der Waals surface area contributed by atoms with Crippen LogP contribution in [0.4, 0.5) is 5.69 Å². The monoisotopic (exact) mass is 686 g/mol. The van der Waals surface area contributed by atoms with Crippen LogP contribution in [0.5, 0.6) is 0 Å². The number of nitrogens with one attached hydrogen (secondary N) is 1. The predicted molar refractivity (Wildman–Crippen MR) is 213 cm³/mol. The molecule has 2 atom stereocenters. The Bertz CT molecular complexity index is 2570. The summed E-state index contributed by atoms with van der Waals surface area (Å²) in [6.07, 6.45) is 2.11. The van der Waals surface area contributed by atoms with E-state index in [0.29, 0.717) is 39.5 Å². The zero-order valence-corrected chi connectivity index (χ0v) is 30.0. The summed E-state index contributed by atoms with van der Waals surface area (Å²) in [5.41, 5.74) is 7.40.